The van der Waals surface area contributed by atoms with E-state index in [2.05, 4.69) is 0 Å². The highest BCUT2D eigenvalue weighted by molar-refractivity contribution is 5.68. The summed E-state index contributed by atoms with van der Waals surface area (Å²) in [6.07, 6.45) is -5.03. The number of hydrogen-bond acceptors (Lipinski definition) is 20. The Morgan fingerprint density at radius 3 is 1.19 bits per heavy atom. The van der Waals surface area contributed by atoms with Crippen LogP contribution >= 0.6 is 0 Å². The van der Waals surface area contributed by atoms with E-state index in [1.807, 2.05) is 0 Å². The van der Waals surface area contributed by atoms with E-state index in [1.165, 1.54) is 69.2 Å². The molecule has 0 aromatic carbocycles. The van der Waals surface area contributed by atoms with Gasteiger partial charge in [0.1, 0.15) is 58.0 Å². The summed E-state index contributed by atoms with van der Waals surface area (Å²) in [4.78, 5) is 0. The van der Waals surface area contributed by atoms with E-state index in [9.17, 15) is 66.4 Å². The van der Waals surface area contributed by atoms with Gasteiger partial charge >= 0.3 is 0 Å². The first kappa shape index (κ1) is 64.3. The van der Waals surface area contributed by atoms with Gasteiger partial charge in [-0.15, -0.1) is 6.54 Å². The molecule has 0 spiro atoms. The smallest absolute Gasteiger partial charge is 0.123 e. The van der Waals surface area contributed by atoms with Crippen molar-refractivity contribution in [2.45, 2.75) is 175 Å². The summed E-state index contributed by atoms with van der Waals surface area (Å²) in [6, 6.07) is 0. The Labute approximate surface area is 345 Å². The first-order valence-electron chi connectivity index (χ1n) is 18.3. The van der Waals surface area contributed by atoms with E-state index in [4.69, 9.17) is 41.0 Å². The summed E-state index contributed by atoms with van der Waals surface area (Å²) >= 11 is 0. The summed E-state index contributed by atoms with van der Waals surface area (Å²) in [5.41, 5.74) is -8.96. The molecule has 14 unspecified atom stereocenters. The molecule has 0 amide bonds. The van der Waals surface area contributed by atoms with E-state index in [0.717, 1.165) is 0 Å². The van der Waals surface area contributed by atoms with Crippen LogP contribution in [0.15, 0.2) is 0 Å². The van der Waals surface area contributed by atoms with Crippen molar-refractivity contribution in [1.82, 2.24) is 0 Å². The van der Waals surface area contributed by atoms with Crippen LogP contribution in [0.4, 0.5) is 0 Å². The minimum atomic E-state index is -1.73. The predicted molar refractivity (Wildman–Crippen MR) is 209 cm³/mol. The molecular weight excluding hydrogens is 796 g/mol. The van der Waals surface area contributed by atoms with E-state index in [1.54, 1.807) is 0 Å². The van der Waals surface area contributed by atoms with Crippen molar-refractivity contribution < 1.29 is 107 Å². The maximum atomic E-state index is 10.5. The molecular formula is C36H78N2O21-2. The van der Waals surface area contributed by atoms with Gasteiger partial charge < -0.3 is 118 Å². The number of rotatable bonds is 14. The van der Waals surface area contributed by atoms with E-state index >= 15 is 0 Å². The van der Waals surface area contributed by atoms with Gasteiger partial charge in [0.05, 0.1) is 62.0 Å². The second-order valence-corrected chi connectivity index (χ2v) is 17.5. The quantitative estimate of drug-likeness (QED) is 0.0570. The third kappa shape index (κ3) is 17.0. The van der Waals surface area contributed by atoms with Crippen LogP contribution in [0.3, 0.4) is 0 Å². The third-order valence-electron chi connectivity index (χ3n) is 11.2. The van der Waals surface area contributed by atoms with Crippen molar-refractivity contribution in [3.63, 3.8) is 0 Å². The highest BCUT2D eigenvalue weighted by Crippen LogP contribution is 2.41. The highest BCUT2D eigenvalue weighted by atomic mass is 16.6. The van der Waals surface area contributed by atoms with E-state index in [-0.39, 0.29) is 50.0 Å². The summed E-state index contributed by atoms with van der Waals surface area (Å²) in [5, 5.41) is 169. The Bertz CT molecular complexity index is 1160. The van der Waals surface area contributed by atoms with Gasteiger partial charge in [-0.05, 0) is 81.6 Å². The molecule has 0 aromatic heterocycles. The van der Waals surface area contributed by atoms with Gasteiger partial charge in [0.2, 0.25) is 0 Å². The van der Waals surface area contributed by atoms with Crippen LogP contribution in [0, 0.1) is 5.41 Å². The average Bonchev–Trinajstić information content (AvgIpc) is 3.01. The first-order valence-corrected chi connectivity index (χ1v) is 18.3. The van der Waals surface area contributed by atoms with E-state index < -0.39 is 119 Å². The molecule has 0 saturated carbocycles. The van der Waals surface area contributed by atoms with Gasteiger partial charge in [-0.1, -0.05) is 0 Å². The molecule has 2 aliphatic rings. The summed E-state index contributed by atoms with van der Waals surface area (Å²) in [7, 11) is 0. The lowest BCUT2D eigenvalue weighted by molar-refractivity contribution is -0.318. The summed E-state index contributed by atoms with van der Waals surface area (Å²) < 4.78 is 10.2. The zero-order chi connectivity index (χ0) is 46.1. The molecule has 14 atom stereocenters. The molecule has 0 aromatic rings. The Morgan fingerprint density at radius 1 is 0.661 bits per heavy atom. The number of nitrogens with one attached hydrogen (secondary N) is 2. The zero-order valence-electron chi connectivity index (χ0n) is 36.0. The number of aliphatic hydroxyl groups is 16. The average molecular weight is 875 g/mol. The van der Waals surface area contributed by atoms with Crippen molar-refractivity contribution in [1.29, 1.82) is 5.41 Å². The Morgan fingerprint density at radius 2 is 0.949 bits per heavy atom. The Hall–Kier alpha value is -1.37. The van der Waals surface area contributed by atoms with Crippen molar-refractivity contribution in [3.8, 4) is 0 Å². The number of hydrogen-bond donors (Lipinski definition) is 17. The lowest BCUT2D eigenvalue weighted by Gasteiger charge is -2.54. The SMILES string of the molecule is CC(O)(CC(=N)[O-])CC(C)(O)C(O)CO.CC(O)(CC[NH-])CC(C)(O)C(O)CO.CC1(O)COC(CO)C(C)(O)C1(C)O.CC1(O)COC(CO)C(C)(O)C1(C)O.O.O. The maximum absolute atomic E-state index is 10.5. The van der Waals surface area contributed by atoms with Gasteiger partial charge in [-0.2, -0.15) is 0 Å². The molecule has 2 saturated heterocycles. The van der Waals surface area contributed by atoms with Crippen LogP contribution in [-0.2, 0) is 9.47 Å². The molecule has 360 valence electrons. The van der Waals surface area contributed by atoms with Crippen LogP contribution in [0.2, 0.25) is 0 Å². The van der Waals surface area contributed by atoms with Crippen LogP contribution < -0.4 is 5.11 Å². The lowest BCUT2D eigenvalue weighted by atomic mass is 9.69. The molecule has 23 nitrogen and oxygen atoms in total. The standard InChI is InChI=1S/C9H19NO5.C9H20NO4.2C9H18O5.2H2O/c1-8(14,3-7(10)13)5-9(2,15)6(12)4-11;1-8(13,3-4-10)6-9(2,14)7(12)5-11;2*1-7(11)5-14-6(4-10)8(2,12)9(7,3)13;;/h6,11-12,14-15H,3-5H2,1-2H3,(H2,10,13);7,10-14H,3-6H2,1-2H3;2*6,10-13H,4-5H2,1-3H3;2*1H2/q;-1;;;;/p-1. The molecule has 0 aliphatic carbocycles. The molecule has 0 bridgehead atoms. The molecule has 2 heterocycles. The molecule has 2 fully saturated rings. The molecule has 0 radical (unpaired) electrons. The monoisotopic (exact) mass is 875 g/mol. The van der Waals surface area contributed by atoms with Gasteiger partial charge in [-0.3, -0.25) is 0 Å². The van der Waals surface area contributed by atoms with Gasteiger partial charge in [0.15, 0.2) is 0 Å². The van der Waals surface area contributed by atoms with Crippen LogP contribution in [-0.4, -0.2) is 225 Å². The predicted octanol–water partition coefficient (Wildman–Crippen LogP) is -6.76. The number of ether oxygens (including phenoxy) is 2. The fraction of sp³-hybridized carbons (Fsp3) is 0.972. The third-order valence-corrected chi connectivity index (χ3v) is 11.2. The topological polar surface area (TPSA) is 476 Å². The Kier molecular flexibility index (Phi) is 25.4. The largest absolute Gasteiger partial charge is 0.862 e. The van der Waals surface area contributed by atoms with Crippen LogP contribution in [0.25, 0.3) is 5.73 Å². The van der Waals surface area contributed by atoms with Crippen LogP contribution in [0.5, 0.6) is 0 Å². The fourth-order valence-electron chi connectivity index (χ4n) is 6.25. The van der Waals surface area contributed by atoms with Crippen molar-refractivity contribution >= 4 is 5.90 Å². The van der Waals surface area contributed by atoms with Gasteiger partial charge in [-0.25, -0.2) is 0 Å². The summed E-state index contributed by atoms with van der Waals surface area (Å²) in [5.74, 6) is -0.950. The second kappa shape index (κ2) is 23.4. The Balaban J connectivity index is -0.000000338. The molecule has 2 aliphatic heterocycles. The van der Waals surface area contributed by atoms with E-state index in [0.29, 0.717) is 0 Å². The first-order chi connectivity index (χ1) is 25.2. The zero-order valence-corrected chi connectivity index (χ0v) is 36.0. The van der Waals surface area contributed by atoms with Gasteiger partial charge in [0, 0.05) is 19.3 Å². The minimum Gasteiger partial charge on any atom is -0.862 e. The highest BCUT2D eigenvalue weighted by Gasteiger charge is 2.62. The second-order valence-electron chi connectivity index (χ2n) is 17.5. The minimum absolute atomic E-state index is 0. The molecule has 2 rings (SSSR count). The molecule has 23 heteroatoms. The lowest BCUT2D eigenvalue weighted by Crippen LogP contribution is -2.74. The van der Waals surface area contributed by atoms with Crippen molar-refractivity contribution in [2.75, 3.05) is 46.2 Å². The molecule has 22 N–H and O–H groups in total. The summed E-state index contributed by atoms with van der Waals surface area (Å²) in [6.45, 7) is 11.3. The van der Waals surface area contributed by atoms with Crippen molar-refractivity contribution in [3.05, 3.63) is 5.73 Å². The van der Waals surface area contributed by atoms with Crippen LogP contribution in [0.1, 0.15) is 94.9 Å². The number of aliphatic hydroxyl groups excluding tert-OH is 6. The van der Waals surface area contributed by atoms with Crippen molar-refractivity contribution in [2.24, 2.45) is 0 Å². The normalized spacial score (nSPS) is 36.7. The molecule has 59 heavy (non-hydrogen) atoms. The van der Waals surface area contributed by atoms with Gasteiger partial charge in [0.25, 0.3) is 0 Å². The fourth-order valence-corrected chi connectivity index (χ4v) is 6.25. The maximum Gasteiger partial charge on any atom is 0.123 e.